The summed E-state index contributed by atoms with van der Waals surface area (Å²) in [5.41, 5.74) is 3.54. The third kappa shape index (κ3) is 5.02. The normalized spacial score (nSPS) is 13.7. The van der Waals surface area contributed by atoms with Gasteiger partial charge in [0.25, 0.3) is 5.69 Å². The number of carbonyl (C=O) groups excluding carboxylic acids is 2. The average molecular weight is 338 g/mol. The molecule has 0 aliphatic rings. The van der Waals surface area contributed by atoms with Crippen molar-refractivity contribution < 1.29 is 24.0 Å². The standard InChI is InChI=1S/C16H22N2O6/c1-5-23-13(19)16(17,14(20)24-15(2,3)4)10-11-6-8-12(9-7-11)18(21)22/h6-9H,5,10,17H2,1-4H3. The molecule has 1 unspecified atom stereocenters. The Morgan fingerprint density at radius 3 is 2.12 bits per heavy atom. The second kappa shape index (κ2) is 7.39. The van der Waals surface area contributed by atoms with Crippen LogP contribution in [0.2, 0.25) is 0 Å². The molecule has 0 aliphatic heterocycles. The fourth-order valence-corrected chi connectivity index (χ4v) is 1.91. The van der Waals surface area contributed by atoms with Crippen LogP contribution in [0.4, 0.5) is 5.69 Å². The van der Waals surface area contributed by atoms with Crippen LogP contribution < -0.4 is 5.73 Å². The van der Waals surface area contributed by atoms with E-state index >= 15 is 0 Å². The van der Waals surface area contributed by atoms with Gasteiger partial charge in [-0.1, -0.05) is 12.1 Å². The zero-order chi connectivity index (χ0) is 18.5. The van der Waals surface area contributed by atoms with Gasteiger partial charge in [0.15, 0.2) is 0 Å². The van der Waals surface area contributed by atoms with Gasteiger partial charge in [0, 0.05) is 18.6 Å². The maximum Gasteiger partial charge on any atom is 0.338 e. The van der Waals surface area contributed by atoms with Gasteiger partial charge in [-0.3, -0.25) is 10.1 Å². The second-order valence-electron chi connectivity index (χ2n) is 6.29. The maximum absolute atomic E-state index is 12.4. The fraction of sp³-hybridized carbons (Fsp3) is 0.500. The first kappa shape index (κ1) is 19.6. The highest BCUT2D eigenvalue weighted by atomic mass is 16.6. The minimum Gasteiger partial charge on any atom is -0.464 e. The lowest BCUT2D eigenvalue weighted by Gasteiger charge is -2.29. The van der Waals surface area contributed by atoms with Crippen molar-refractivity contribution >= 4 is 17.6 Å². The Balaban J connectivity index is 3.11. The molecular weight excluding hydrogens is 316 g/mol. The lowest BCUT2D eigenvalue weighted by molar-refractivity contribution is -0.384. The molecule has 0 heterocycles. The van der Waals surface area contributed by atoms with E-state index in [2.05, 4.69) is 0 Å². The number of nitro benzene ring substituents is 1. The Hall–Kier alpha value is -2.48. The molecule has 0 amide bonds. The van der Waals surface area contributed by atoms with Crippen LogP contribution in [0.3, 0.4) is 0 Å². The average Bonchev–Trinajstić information content (AvgIpc) is 2.46. The van der Waals surface area contributed by atoms with Gasteiger partial charge in [0.2, 0.25) is 5.54 Å². The highest BCUT2D eigenvalue weighted by Gasteiger charge is 2.46. The molecule has 8 heteroatoms. The van der Waals surface area contributed by atoms with Gasteiger partial charge >= 0.3 is 11.9 Å². The van der Waals surface area contributed by atoms with E-state index in [0.717, 1.165) is 0 Å². The molecule has 0 aliphatic carbocycles. The van der Waals surface area contributed by atoms with Crippen LogP contribution in [0.25, 0.3) is 0 Å². The van der Waals surface area contributed by atoms with Gasteiger partial charge in [0.1, 0.15) is 5.60 Å². The van der Waals surface area contributed by atoms with Gasteiger partial charge in [-0.05, 0) is 33.3 Å². The van der Waals surface area contributed by atoms with Crippen LogP contribution >= 0.6 is 0 Å². The van der Waals surface area contributed by atoms with Crippen molar-refractivity contribution in [2.45, 2.75) is 45.3 Å². The van der Waals surface area contributed by atoms with Gasteiger partial charge in [-0.2, -0.15) is 0 Å². The summed E-state index contributed by atoms with van der Waals surface area (Å²) in [6.45, 7) is 6.62. The summed E-state index contributed by atoms with van der Waals surface area (Å²) in [6.07, 6.45) is -0.196. The number of benzene rings is 1. The van der Waals surface area contributed by atoms with E-state index in [0.29, 0.717) is 5.56 Å². The van der Waals surface area contributed by atoms with Crippen LogP contribution in [0.15, 0.2) is 24.3 Å². The quantitative estimate of drug-likeness (QED) is 0.363. The first-order valence-corrected chi connectivity index (χ1v) is 7.42. The molecule has 24 heavy (non-hydrogen) atoms. The highest BCUT2D eigenvalue weighted by Crippen LogP contribution is 2.21. The summed E-state index contributed by atoms with van der Waals surface area (Å²) >= 11 is 0. The molecule has 1 aromatic carbocycles. The van der Waals surface area contributed by atoms with E-state index in [1.807, 2.05) is 0 Å². The predicted octanol–water partition coefficient (Wildman–Crippen LogP) is 1.74. The number of carbonyl (C=O) groups is 2. The lowest BCUT2D eigenvalue weighted by atomic mass is 9.91. The SMILES string of the molecule is CCOC(=O)C(N)(Cc1ccc([N+](=O)[O-])cc1)C(=O)OC(C)(C)C. The molecule has 2 N–H and O–H groups in total. The molecule has 1 aromatic rings. The molecule has 0 bridgehead atoms. The van der Waals surface area contributed by atoms with Crippen LogP contribution in [0.1, 0.15) is 33.3 Å². The van der Waals surface area contributed by atoms with E-state index in [1.54, 1.807) is 27.7 Å². The van der Waals surface area contributed by atoms with Crippen molar-refractivity contribution in [1.29, 1.82) is 0 Å². The Labute approximate surface area is 140 Å². The van der Waals surface area contributed by atoms with E-state index in [4.69, 9.17) is 15.2 Å². The molecule has 8 nitrogen and oxygen atoms in total. The third-order valence-electron chi connectivity index (χ3n) is 3.03. The van der Waals surface area contributed by atoms with Crippen LogP contribution in [-0.2, 0) is 25.5 Å². The zero-order valence-corrected chi connectivity index (χ0v) is 14.2. The number of rotatable bonds is 6. The summed E-state index contributed by atoms with van der Waals surface area (Å²) in [7, 11) is 0. The number of esters is 2. The summed E-state index contributed by atoms with van der Waals surface area (Å²) in [6, 6.07) is 5.42. The largest absolute Gasteiger partial charge is 0.464 e. The number of non-ortho nitro benzene ring substituents is 1. The van der Waals surface area contributed by atoms with E-state index in [1.165, 1.54) is 24.3 Å². The monoisotopic (exact) mass is 338 g/mol. The van der Waals surface area contributed by atoms with E-state index in [-0.39, 0.29) is 18.7 Å². The first-order chi connectivity index (χ1) is 11.0. The zero-order valence-electron chi connectivity index (χ0n) is 14.2. The summed E-state index contributed by atoms with van der Waals surface area (Å²) in [5.74, 6) is -1.82. The van der Waals surface area contributed by atoms with Gasteiger partial charge in [-0.25, -0.2) is 9.59 Å². The number of nitro groups is 1. The topological polar surface area (TPSA) is 122 Å². The van der Waals surface area contributed by atoms with Crippen molar-refractivity contribution in [3.63, 3.8) is 0 Å². The van der Waals surface area contributed by atoms with Gasteiger partial charge in [0.05, 0.1) is 11.5 Å². The molecule has 0 radical (unpaired) electrons. The molecule has 1 rings (SSSR count). The van der Waals surface area contributed by atoms with Crippen molar-refractivity contribution in [2.24, 2.45) is 5.73 Å². The summed E-state index contributed by atoms with van der Waals surface area (Å²) in [5, 5.41) is 10.7. The molecule has 0 spiro atoms. The first-order valence-electron chi connectivity index (χ1n) is 7.42. The van der Waals surface area contributed by atoms with E-state index in [9.17, 15) is 19.7 Å². The maximum atomic E-state index is 12.4. The van der Waals surface area contributed by atoms with Crippen molar-refractivity contribution in [1.82, 2.24) is 0 Å². The van der Waals surface area contributed by atoms with E-state index < -0.39 is 28.0 Å². The van der Waals surface area contributed by atoms with Gasteiger partial charge < -0.3 is 15.2 Å². The highest BCUT2D eigenvalue weighted by molar-refractivity contribution is 6.05. The Morgan fingerprint density at radius 2 is 1.71 bits per heavy atom. The molecule has 1 atom stereocenters. The van der Waals surface area contributed by atoms with Crippen LogP contribution in [0, 0.1) is 10.1 Å². The third-order valence-corrected chi connectivity index (χ3v) is 3.03. The second-order valence-corrected chi connectivity index (χ2v) is 6.29. The Kier molecular flexibility index (Phi) is 6.03. The number of ether oxygens (including phenoxy) is 2. The fourth-order valence-electron chi connectivity index (χ4n) is 1.91. The van der Waals surface area contributed by atoms with Crippen molar-refractivity contribution in [3.8, 4) is 0 Å². The number of hydrogen-bond acceptors (Lipinski definition) is 7. The smallest absolute Gasteiger partial charge is 0.338 e. The molecule has 0 saturated carbocycles. The molecule has 132 valence electrons. The number of hydrogen-bond donors (Lipinski definition) is 1. The molecular formula is C16H22N2O6. The summed E-state index contributed by atoms with van der Waals surface area (Å²) < 4.78 is 10.1. The minimum absolute atomic E-state index is 0.0564. The predicted molar refractivity (Wildman–Crippen MR) is 86.2 cm³/mol. The Morgan fingerprint density at radius 1 is 1.17 bits per heavy atom. The molecule has 0 aromatic heterocycles. The van der Waals surface area contributed by atoms with Crippen LogP contribution in [0.5, 0.6) is 0 Å². The van der Waals surface area contributed by atoms with Crippen molar-refractivity contribution in [2.75, 3.05) is 6.61 Å². The molecule has 0 fully saturated rings. The van der Waals surface area contributed by atoms with Crippen LogP contribution in [-0.4, -0.2) is 34.6 Å². The minimum atomic E-state index is -2.03. The van der Waals surface area contributed by atoms with Crippen molar-refractivity contribution in [3.05, 3.63) is 39.9 Å². The Bertz CT molecular complexity index is 620. The number of nitrogens with zero attached hydrogens (tertiary/aromatic N) is 1. The number of nitrogens with two attached hydrogens (primary N) is 1. The lowest BCUT2D eigenvalue weighted by Crippen LogP contribution is -2.59. The van der Waals surface area contributed by atoms with Gasteiger partial charge in [-0.15, -0.1) is 0 Å². The summed E-state index contributed by atoms with van der Waals surface area (Å²) in [4.78, 5) is 34.8. The molecule has 0 saturated heterocycles.